The van der Waals surface area contributed by atoms with Crippen molar-refractivity contribution in [3.63, 3.8) is 0 Å². The zero-order valence-corrected chi connectivity index (χ0v) is 31.9. The van der Waals surface area contributed by atoms with E-state index >= 15 is 0 Å². The van der Waals surface area contributed by atoms with E-state index in [4.69, 9.17) is 18.6 Å². The van der Waals surface area contributed by atoms with E-state index in [9.17, 15) is 27.3 Å². The van der Waals surface area contributed by atoms with E-state index in [-0.39, 0.29) is 60.9 Å². The fourth-order valence-corrected chi connectivity index (χ4v) is 9.45. The number of furan rings is 1. The van der Waals surface area contributed by atoms with Crippen LogP contribution < -0.4 is 10.6 Å². The summed E-state index contributed by atoms with van der Waals surface area (Å²) in [5.41, 5.74) is 2.68. The first-order chi connectivity index (χ1) is 26.0. The fraction of sp³-hybridized carbons (Fsp3) is 0.436. The number of nitrogens with zero attached hydrogens (tertiary/aromatic N) is 1. The number of rotatable bonds is 17. The number of aliphatic hydroxyl groups excluding tert-OH is 1. The summed E-state index contributed by atoms with van der Waals surface area (Å²) in [5.74, 6) is -0.502. The molecule has 54 heavy (non-hydrogen) atoms. The lowest BCUT2D eigenvalue weighted by Crippen LogP contribution is -2.51. The van der Waals surface area contributed by atoms with Crippen LogP contribution >= 0.6 is 0 Å². The quantitative estimate of drug-likeness (QED) is 0.142. The van der Waals surface area contributed by atoms with Crippen LogP contribution in [0.1, 0.15) is 37.0 Å². The third-order valence-corrected chi connectivity index (χ3v) is 12.5. The van der Waals surface area contributed by atoms with Gasteiger partial charge in [-0.2, -0.15) is 4.31 Å². The zero-order chi connectivity index (χ0) is 38.2. The Labute approximate surface area is 317 Å². The minimum atomic E-state index is -4.19. The van der Waals surface area contributed by atoms with Gasteiger partial charge in [0.25, 0.3) is 0 Å². The number of alkyl carbamates (subject to hydrolysis) is 1. The molecule has 1 unspecified atom stereocenters. The maximum absolute atomic E-state index is 14.3. The summed E-state index contributed by atoms with van der Waals surface area (Å²) in [4.78, 5) is 25.8. The highest BCUT2D eigenvalue weighted by Crippen LogP contribution is 2.33. The SMILES string of the molecule is CC(C)CN(C[C@@H](O)[C@H](Cc1ccccc1)NC(=O)O[C@H]1CO[C@H]2OCC[C@H]21)S(=O)(=O)c1ccc2occ(CNC(=O)CS(=O)Cc3ccccc3)c2c1. The molecule has 3 heterocycles. The molecule has 0 bridgehead atoms. The van der Waals surface area contributed by atoms with Gasteiger partial charge in [-0.05, 0) is 48.1 Å². The normalized spacial score (nSPS) is 20.1. The summed E-state index contributed by atoms with van der Waals surface area (Å²) in [7, 11) is -5.60. The average Bonchev–Trinajstić information content (AvgIpc) is 3.88. The van der Waals surface area contributed by atoms with E-state index < -0.39 is 57.4 Å². The van der Waals surface area contributed by atoms with Crippen molar-refractivity contribution in [1.29, 1.82) is 0 Å². The zero-order valence-electron chi connectivity index (χ0n) is 30.3. The number of hydrogen-bond donors (Lipinski definition) is 3. The number of aliphatic hydroxyl groups is 1. The Hall–Kier alpha value is -4.12. The number of carbonyl (C=O) groups is 2. The number of amides is 2. The van der Waals surface area contributed by atoms with E-state index in [0.29, 0.717) is 29.6 Å². The van der Waals surface area contributed by atoms with E-state index in [1.54, 1.807) is 6.07 Å². The Morgan fingerprint density at radius 1 is 1.00 bits per heavy atom. The molecular formula is C39H47N3O10S2. The first-order valence-corrected chi connectivity index (χ1v) is 21.0. The molecule has 2 amide bonds. The molecule has 2 aliphatic rings. The second kappa shape index (κ2) is 18.0. The van der Waals surface area contributed by atoms with Crippen LogP contribution in [-0.2, 0) is 58.5 Å². The van der Waals surface area contributed by atoms with Crippen molar-refractivity contribution in [3.8, 4) is 0 Å². The summed E-state index contributed by atoms with van der Waals surface area (Å²) in [6.45, 7) is 4.31. The van der Waals surface area contributed by atoms with Gasteiger partial charge in [-0.3, -0.25) is 9.00 Å². The minimum Gasteiger partial charge on any atom is -0.464 e. The molecule has 2 aliphatic heterocycles. The molecule has 0 saturated carbocycles. The molecule has 3 N–H and O–H groups in total. The van der Waals surface area contributed by atoms with Crippen LogP contribution in [0, 0.1) is 11.8 Å². The van der Waals surface area contributed by atoms with Crippen LogP contribution in [0.3, 0.4) is 0 Å². The Morgan fingerprint density at radius 2 is 1.72 bits per heavy atom. The second-order valence-electron chi connectivity index (χ2n) is 14.1. The van der Waals surface area contributed by atoms with Gasteiger partial charge in [0.2, 0.25) is 15.9 Å². The Kier molecular flexibility index (Phi) is 13.2. The molecule has 13 nitrogen and oxygen atoms in total. The number of nitrogens with one attached hydrogen (secondary N) is 2. The summed E-state index contributed by atoms with van der Waals surface area (Å²) >= 11 is 0. The van der Waals surface area contributed by atoms with Gasteiger partial charge < -0.3 is 34.4 Å². The summed E-state index contributed by atoms with van der Waals surface area (Å²) in [6, 6.07) is 22.1. The molecule has 2 fully saturated rings. The first-order valence-electron chi connectivity index (χ1n) is 18.0. The topological polar surface area (TPSA) is 174 Å². The number of hydrogen-bond acceptors (Lipinski definition) is 10. The molecule has 2 saturated heterocycles. The first kappa shape index (κ1) is 39.6. The fourth-order valence-electron chi connectivity index (χ4n) is 6.75. The highest BCUT2D eigenvalue weighted by atomic mass is 32.2. The molecule has 6 atom stereocenters. The molecule has 0 radical (unpaired) electrons. The molecule has 0 aliphatic carbocycles. The predicted octanol–water partition coefficient (Wildman–Crippen LogP) is 4.10. The summed E-state index contributed by atoms with van der Waals surface area (Å²) < 4.78 is 64.9. The standard InChI is InChI=1S/C39H47N3O10S2/c1-26(2)20-42(21-34(43)33(17-27-9-5-3-6-10-27)41-39(45)52-36-23-51-38-31(36)15-16-49-38)54(47,48)30-13-14-35-32(18-30)29(22-50-35)19-40-37(44)25-53(46)24-28-11-7-4-8-12-28/h3-14,18,22,26,31,33-34,36,38,43H,15-17,19-21,23-25H2,1-2H3,(H,40,44)(H,41,45)/t31-,33-,34+,36-,38+,53?/m0/s1. The Bertz CT molecular complexity index is 2010. The van der Waals surface area contributed by atoms with E-state index in [1.807, 2.05) is 74.5 Å². The van der Waals surface area contributed by atoms with Gasteiger partial charge in [0.1, 0.15) is 17.4 Å². The van der Waals surface area contributed by atoms with Gasteiger partial charge in [0.15, 0.2) is 6.29 Å². The van der Waals surface area contributed by atoms with E-state index in [0.717, 1.165) is 11.1 Å². The highest BCUT2D eigenvalue weighted by Gasteiger charge is 2.44. The molecule has 6 rings (SSSR count). The average molecular weight is 782 g/mol. The lowest BCUT2D eigenvalue weighted by molar-refractivity contribution is -0.118. The Morgan fingerprint density at radius 3 is 2.44 bits per heavy atom. The monoisotopic (exact) mass is 781 g/mol. The molecule has 290 valence electrons. The number of benzene rings is 3. The Balaban J connectivity index is 1.15. The van der Waals surface area contributed by atoms with Crippen LogP contribution in [0.15, 0.2) is 94.4 Å². The lowest BCUT2D eigenvalue weighted by atomic mass is 10.0. The van der Waals surface area contributed by atoms with E-state index in [1.165, 1.54) is 22.7 Å². The van der Waals surface area contributed by atoms with Crippen molar-refractivity contribution in [2.45, 2.75) is 68.4 Å². The van der Waals surface area contributed by atoms with Crippen LogP contribution in [-0.4, -0.2) is 90.6 Å². The molecule has 0 spiro atoms. The van der Waals surface area contributed by atoms with Crippen molar-refractivity contribution in [1.82, 2.24) is 14.9 Å². The van der Waals surface area contributed by atoms with Gasteiger partial charge >= 0.3 is 6.09 Å². The van der Waals surface area contributed by atoms with Crippen LogP contribution in [0.25, 0.3) is 11.0 Å². The third-order valence-electron chi connectivity index (χ3n) is 9.47. The predicted molar refractivity (Wildman–Crippen MR) is 202 cm³/mol. The second-order valence-corrected chi connectivity index (χ2v) is 17.5. The van der Waals surface area contributed by atoms with Crippen molar-refractivity contribution in [3.05, 3.63) is 102 Å². The molecular weight excluding hydrogens is 735 g/mol. The number of sulfonamides is 1. The van der Waals surface area contributed by atoms with E-state index in [2.05, 4.69) is 10.6 Å². The number of ether oxygens (including phenoxy) is 3. The van der Waals surface area contributed by atoms with Crippen LogP contribution in [0.4, 0.5) is 4.79 Å². The van der Waals surface area contributed by atoms with Gasteiger partial charge in [0.05, 0.1) is 42.4 Å². The van der Waals surface area contributed by atoms with Gasteiger partial charge in [-0.25, -0.2) is 13.2 Å². The molecule has 15 heteroatoms. The van der Waals surface area contributed by atoms with Gasteiger partial charge in [0, 0.05) is 47.1 Å². The maximum Gasteiger partial charge on any atom is 0.407 e. The van der Waals surface area contributed by atoms with Crippen LogP contribution in [0.5, 0.6) is 0 Å². The lowest BCUT2D eigenvalue weighted by Gasteiger charge is -2.31. The highest BCUT2D eigenvalue weighted by molar-refractivity contribution is 7.89. The van der Waals surface area contributed by atoms with Crippen LogP contribution in [0.2, 0.25) is 0 Å². The maximum atomic E-state index is 14.3. The van der Waals surface area contributed by atoms with Crippen molar-refractivity contribution in [2.75, 3.05) is 32.1 Å². The van der Waals surface area contributed by atoms with Crippen molar-refractivity contribution >= 4 is 43.8 Å². The molecule has 3 aromatic carbocycles. The largest absolute Gasteiger partial charge is 0.464 e. The van der Waals surface area contributed by atoms with Crippen molar-refractivity contribution in [2.24, 2.45) is 11.8 Å². The van der Waals surface area contributed by atoms with Crippen molar-refractivity contribution < 1.29 is 46.0 Å². The summed E-state index contributed by atoms with van der Waals surface area (Å²) in [6.07, 6.45) is -0.566. The summed E-state index contributed by atoms with van der Waals surface area (Å²) in [5, 5.41) is 17.7. The smallest absolute Gasteiger partial charge is 0.407 e. The minimum absolute atomic E-state index is 0.0256. The third kappa shape index (κ3) is 10.1. The number of fused-ring (bicyclic) bond motifs is 2. The molecule has 4 aromatic rings. The number of carbonyl (C=O) groups excluding carboxylic acids is 2. The molecule has 1 aromatic heterocycles. The van der Waals surface area contributed by atoms with Gasteiger partial charge in [-0.15, -0.1) is 0 Å². The van der Waals surface area contributed by atoms with Gasteiger partial charge in [-0.1, -0.05) is 74.5 Å².